The second-order valence-electron chi connectivity index (χ2n) is 4.16. The molecule has 0 radical (unpaired) electrons. The molecule has 2 aromatic rings. The third kappa shape index (κ3) is 2.60. The topological polar surface area (TPSA) is 37.3 Å². The zero-order valence-corrected chi connectivity index (χ0v) is 11.5. The van der Waals surface area contributed by atoms with Crippen molar-refractivity contribution >= 4 is 29.2 Å². The van der Waals surface area contributed by atoms with Crippen molar-refractivity contribution in [1.82, 2.24) is 0 Å². The first-order valence-electron chi connectivity index (χ1n) is 5.73. The van der Waals surface area contributed by atoms with Crippen LogP contribution in [0.3, 0.4) is 0 Å². The van der Waals surface area contributed by atoms with E-state index in [1.807, 2.05) is 6.07 Å². The van der Waals surface area contributed by atoms with Crippen molar-refractivity contribution in [2.45, 2.75) is 10.3 Å². The van der Waals surface area contributed by atoms with Crippen LogP contribution in [0.5, 0.6) is 0 Å². The van der Waals surface area contributed by atoms with Crippen LogP contribution in [0.25, 0.3) is 0 Å². The molecule has 4 heteroatoms. The Morgan fingerprint density at radius 1 is 1.00 bits per heavy atom. The molecule has 0 fully saturated rings. The Morgan fingerprint density at radius 3 is 1.95 bits per heavy atom. The molecule has 0 amide bonds. The molecule has 19 heavy (non-hydrogen) atoms. The van der Waals surface area contributed by atoms with Crippen LogP contribution in [0, 0.1) is 0 Å². The highest BCUT2D eigenvalue weighted by Gasteiger charge is 2.46. The average molecular weight is 295 g/mol. The number of aliphatic carboxylic acids is 1. The van der Waals surface area contributed by atoms with Gasteiger partial charge in [-0.15, -0.1) is 11.6 Å². The van der Waals surface area contributed by atoms with Gasteiger partial charge >= 0.3 is 5.97 Å². The van der Waals surface area contributed by atoms with Gasteiger partial charge in [-0.2, -0.15) is 0 Å². The lowest BCUT2D eigenvalue weighted by atomic mass is 9.90. The summed E-state index contributed by atoms with van der Waals surface area (Å²) in [5.74, 6) is -1.16. The lowest BCUT2D eigenvalue weighted by Gasteiger charge is -2.28. The van der Waals surface area contributed by atoms with Crippen molar-refractivity contribution in [3.05, 3.63) is 71.8 Å². The average Bonchev–Trinajstić information content (AvgIpc) is 2.47. The fourth-order valence-corrected chi connectivity index (χ4v) is 2.53. The molecular formula is C15H12Cl2O2. The van der Waals surface area contributed by atoms with E-state index in [9.17, 15) is 9.90 Å². The Labute approximate surface area is 121 Å². The third-order valence-corrected chi connectivity index (χ3v) is 4.24. The van der Waals surface area contributed by atoms with E-state index < -0.39 is 16.2 Å². The quantitative estimate of drug-likeness (QED) is 0.859. The molecule has 0 saturated carbocycles. The van der Waals surface area contributed by atoms with Crippen molar-refractivity contribution in [3.8, 4) is 0 Å². The minimum atomic E-state index is -1.69. The summed E-state index contributed by atoms with van der Waals surface area (Å²) >= 11 is 12.7. The highest BCUT2D eigenvalue weighted by atomic mass is 35.5. The summed E-state index contributed by atoms with van der Waals surface area (Å²) < 4.78 is 0. The first-order chi connectivity index (χ1) is 9.06. The number of benzene rings is 2. The summed E-state index contributed by atoms with van der Waals surface area (Å²) in [7, 11) is 0. The molecule has 0 aliphatic heterocycles. The van der Waals surface area contributed by atoms with Gasteiger partial charge in [0.15, 0.2) is 4.87 Å². The van der Waals surface area contributed by atoms with Gasteiger partial charge in [0.05, 0.1) is 5.38 Å². The number of carbonyl (C=O) groups is 1. The maximum absolute atomic E-state index is 11.6. The van der Waals surface area contributed by atoms with E-state index in [1.54, 1.807) is 54.6 Å². The zero-order valence-electron chi connectivity index (χ0n) is 9.96. The number of alkyl halides is 2. The lowest BCUT2D eigenvalue weighted by molar-refractivity contribution is -0.140. The third-order valence-electron chi connectivity index (χ3n) is 2.95. The molecular weight excluding hydrogens is 283 g/mol. The molecule has 0 saturated heterocycles. The fourth-order valence-electron chi connectivity index (χ4n) is 1.91. The van der Waals surface area contributed by atoms with Crippen LogP contribution in [0.1, 0.15) is 16.5 Å². The molecule has 98 valence electrons. The minimum Gasteiger partial charge on any atom is -0.480 e. The van der Waals surface area contributed by atoms with Crippen LogP contribution in [0.4, 0.5) is 0 Å². The Morgan fingerprint density at radius 2 is 1.47 bits per heavy atom. The monoisotopic (exact) mass is 294 g/mol. The highest BCUT2D eigenvalue weighted by Crippen LogP contribution is 2.45. The second kappa shape index (κ2) is 5.64. The SMILES string of the molecule is O=C(O)C(Cl)(c1ccccc1)C(Cl)c1ccccc1. The molecule has 0 spiro atoms. The number of hydrogen-bond donors (Lipinski definition) is 1. The standard InChI is InChI=1S/C15H12Cl2O2/c16-13(11-7-3-1-4-8-11)15(17,14(18)19)12-9-5-2-6-10-12/h1-10,13H,(H,18,19). The number of carboxylic acids is 1. The van der Waals surface area contributed by atoms with E-state index in [0.717, 1.165) is 0 Å². The summed E-state index contributed by atoms with van der Waals surface area (Å²) in [6.45, 7) is 0. The number of halogens is 2. The summed E-state index contributed by atoms with van der Waals surface area (Å²) in [6, 6.07) is 17.6. The summed E-state index contributed by atoms with van der Waals surface area (Å²) in [6.07, 6.45) is 0. The van der Waals surface area contributed by atoms with Gasteiger partial charge in [-0.05, 0) is 11.1 Å². The molecule has 0 aliphatic carbocycles. The van der Waals surface area contributed by atoms with Crippen LogP contribution >= 0.6 is 23.2 Å². The first kappa shape index (κ1) is 13.9. The van der Waals surface area contributed by atoms with E-state index in [4.69, 9.17) is 23.2 Å². The van der Waals surface area contributed by atoms with Crippen molar-refractivity contribution in [2.24, 2.45) is 0 Å². The predicted molar refractivity (Wildman–Crippen MR) is 76.6 cm³/mol. The molecule has 2 atom stereocenters. The van der Waals surface area contributed by atoms with Crippen molar-refractivity contribution < 1.29 is 9.90 Å². The van der Waals surface area contributed by atoms with Crippen LogP contribution in [-0.4, -0.2) is 11.1 Å². The maximum Gasteiger partial charge on any atom is 0.331 e. The van der Waals surface area contributed by atoms with Crippen LogP contribution < -0.4 is 0 Å². The van der Waals surface area contributed by atoms with E-state index >= 15 is 0 Å². The van der Waals surface area contributed by atoms with Gasteiger partial charge in [0, 0.05) is 0 Å². The van der Waals surface area contributed by atoms with Gasteiger partial charge in [-0.1, -0.05) is 72.3 Å². The van der Waals surface area contributed by atoms with Crippen LogP contribution in [-0.2, 0) is 9.67 Å². The molecule has 2 unspecified atom stereocenters. The fraction of sp³-hybridized carbons (Fsp3) is 0.133. The molecule has 1 N–H and O–H groups in total. The summed E-state index contributed by atoms with van der Waals surface area (Å²) in [5.41, 5.74) is 1.14. The van der Waals surface area contributed by atoms with E-state index in [2.05, 4.69) is 0 Å². The van der Waals surface area contributed by atoms with Gasteiger partial charge in [-0.25, -0.2) is 4.79 Å². The largest absolute Gasteiger partial charge is 0.480 e. The zero-order chi connectivity index (χ0) is 13.9. The van der Waals surface area contributed by atoms with E-state index in [0.29, 0.717) is 11.1 Å². The van der Waals surface area contributed by atoms with Crippen molar-refractivity contribution in [3.63, 3.8) is 0 Å². The maximum atomic E-state index is 11.6. The predicted octanol–water partition coefficient (Wildman–Crippen LogP) is 4.19. The van der Waals surface area contributed by atoms with Gasteiger partial charge < -0.3 is 5.11 Å². The molecule has 2 aromatic carbocycles. The second-order valence-corrected chi connectivity index (χ2v) is 5.19. The Kier molecular flexibility index (Phi) is 4.13. The van der Waals surface area contributed by atoms with Gasteiger partial charge in [0.2, 0.25) is 0 Å². The number of rotatable bonds is 4. The normalized spacial score (nSPS) is 15.5. The Hall–Kier alpha value is -1.51. The Bertz CT molecular complexity index is 557. The van der Waals surface area contributed by atoms with Crippen molar-refractivity contribution in [1.29, 1.82) is 0 Å². The summed E-state index contributed by atoms with van der Waals surface area (Å²) in [5, 5.41) is 8.64. The van der Waals surface area contributed by atoms with Gasteiger partial charge in [-0.3, -0.25) is 0 Å². The molecule has 0 aromatic heterocycles. The van der Waals surface area contributed by atoms with Gasteiger partial charge in [0.1, 0.15) is 0 Å². The van der Waals surface area contributed by atoms with E-state index in [-0.39, 0.29) is 0 Å². The molecule has 0 aliphatic rings. The molecule has 2 rings (SSSR count). The lowest BCUT2D eigenvalue weighted by Crippen LogP contribution is -2.34. The van der Waals surface area contributed by atoms with Gasteiger partial charge in [0.25, 0.3) is 0 Å². The summed E-state index contributed by atoms with van der Waals surface area (Å²) in [4.78, 5) is 9.93. The van der Waals surface area contributed by atoms with Crippen molar-refractivity contribution in [2.75, 3.05) is 0 Å². The van der Waals surface area contributed by atoms with Crippen LogP contribution in [0.2, 0.25) is 0 Å². The molecule has 2 nitrogen and oxygen atoms in total. The Balaban J connectivity index is 2.49. The number of carboxylic acid groups (broad SMARTS) is 1. The molecule has 0 bridgehead atoms. The highest BCUT2D eigenvalue weighted by molar-refractivity contribution is 6.40. The smallest absolute Gasteiger partial charge is 0.331 e. The van der Waals surface area contributed by atoms with E-state index in [1.165, 1.54) is 0 Å². The van der Waals surface area contributed by atoms with Crippen LogP contribution in [0.15, 0.2) is 60.7 Å². The minimum absolute atomic E-state index is 0.466. The molecule has 0 heterocycles. The number of hydrogen-bond acceptors (Lipinski definition) is 1. The first-order valence-corrected chi connectivity index (χ1v) is 6.55.